The summed E-state index contributed by atoms with van der Waals surface area (Å²) in [5, 5.41) is 50.2. The molecule has 0 spiro atoms. The largest absolute Gasteiger partial charge is 0.508 e. The average Bonchev–Trinajstić information content (AvgIpc) is 2.47. The monoisotopic (exact) mass is 288 g/mol. The van der Waals surface area contributed by atoms with Crippen LogP contribution in [-0.4, -0.2) is 32.6 Å². The first-order chi connectivity index (χ1) is 9.95. The Hall–Kier alpha value is -3.02. The summed E-state index contributed by atoms with van der Waals surface area (Å²) in [6, 6.07) is 5.42. The van der Waals surface area contributed by atoms with Gasteiger partial charge in [0.25, 0.3) is 0 Å². The molecule has 108 valence electrons. The molecule has 0 radical (unpaired) electrons. The lowest BCUT2D eigenvalue weighted by atomic mass is 9.98. The van der Waals surface area contributed by atoms with Gasteiger partial charge in [0.2, 0.25) is 0 Å². The maximum atomic E-state index is 10.1. The van der Waals surface area contributed by atoms with E-state index in [1.165, 1.54) is 31.4 Å². The van der Waals surface area contributed by atoms with E-state index in [0.29, 0.717) is 10.8 Å². The number of fused-ring (bicyclic) bond motifs is 3. The lowest BCUT2D eigenvalue weighted by Crippen LogP contribution is -1.89. The Labute approximate surface area is 118 Å². The Morgan fingerprint density at radius 1 is 0.762 bits per heavy atom. The SMILES string of the molecule is COc1cc(O)c(O)c2c(O)c(O)c3cc(O)ccc3c12. The van der Waals surface area contributed by atoms with Crippen LogP contribution in [-0.2, 0) is 0 Å². The van der Waals surface area contributed by atoms with Gasteiger partial charge in [0.05, 0.1) is 12.5 Å². The Balaban J connectivity index is 2.70. The van der Waals surface area contributed by atoms with E-state index >= 15 is 0 Å². The van der Waals surface area contributed by atoms with Crippen molar-refractivity contribution >= 4 is 21.5 Å². The van der Waals surface area contributed by atoms with Crippen LogP contribution in [0, 0.1) is 0 Å². The van der Waals surface area contributed by atoms with Crippen LogP contribution in [0.25, 0.3) is 21.5 Å². The highest BCUT2D eigenvalue weighted by Crippen LogP contribution is 2.51. The molecule has 3 aromatic rings. The average molecular weight is 288 g/mol. The molecule has 0 aliphatic rings. The molecule has 3 rings (SSSR count). The van der Waals surface area contributed by atoms with Crippen molar-refractivity contribution in [3.05, 3.63) is 24.3 Å². The van der Waals surface area contributed by atoms with E-state index < -0.39 is 23.0 Å². The van der Waals surface area contributed by atoms with Gasteiger partial charge in [-0.3, -0.25) is 0 Å². The first-order valence-corrected chi connectivity index (χ1v) is 6.05. The molecule has 6 heteroatoms. The number of benzene rings is 3. The standard InChI is InChI=1S/C15H12O6/c1-21-10-5-9(17)14(19)12-11(10)7-3-2-6(16)4-8(7)13(18)15(12)20/h2-5,16-20H,1H3. The van der Waals surface area contributed by atoms with Gasteiger partial charge < -0.3 is 30.3 Å². The third-order valence-corrected chi connectivity index (χ3v) is 3.45. The van der Waals surface area contributed by atoms with Gasteiger partial charge in [-0.2, -0.15) is 0 Å². The van der Waals surface area contributed by atoms with E-state index in [4.69, 9.17) is 4.74 Å². The van der Waals surface area contributed by atoms with Crippen LogP contribution in [0.2, 0.25) is 0 Å². The van der Waals surface area contributed by atoms with Crippen LogP contribution in [0.5, 0.6) is 34.5 Å². The van der Waals surface area contributed by atoms with Crippen molar-refractivity contribution in [2.45, 2.75) is 0 Å². The second-order valence-electron chi connectivity index (χ2n) is 4.62. The van der Waals surface area contributed by atoms with E-state index in [0.717, 1.165) is 0 Å². The lowest BCUT2D eigenvalue weighted by Gasteiger charge is -2.14. The van der Waals surface area contributed by atoms with Gasteiger partial charge in [-0.25, -0.2) is 0 Å². The molecule has 3 aromatic carbocycles. The molecular weight excluding hydrogens is 276 g/mol. The predicted molar refractivity (Wildman–Crippen MR) is 76.3 cm³/mol. The van der Waals surface area contributed by atoms with E-state index in [9.17, 15) is 25.5 Å². The van der Waals surface area contributed by atoms with Crippen LogP contribution in [0.4, 0.5) is 0 Å². The molecule has 0 fully saturated rings. The molecule has 0 atom stereocenters. The Morgan fingerprint density at radius 2 is 1.48 bits per heavy atom. The highest BCUT2D eigenvalue weighted by atomic mass is 16.5. The number of ether oxygens (including phenoxy) is 1. The van der Waals surface area contributed by atoms with Gasteiger partial charge in [-0.15, -0.1) is 0 Å². The number of hydrogen-bond acceptors (Lipinski definition) is 6. The summed E-state index contributed by atoms with van der Waals surface area (Å²) in [5.41, 5.74) is 0. The summed E-state index contributed by atoms with van der Waals surface area (Å²) in [6.07, 6.45) is 0. The number of phenols is 5. The zero-order chi connectivity index (χ0) is 15.3. The number of aromatic hydroxyl groups is 5. The summed E-state index contributed by atoms with van der Waals surface area (Å²) in [7, 11) is 1.38. The topological polar surface area (TPSA) is 110 Å². The van der Waals surface area contributed by atoms with Gasteiger partial charge in [0, 0.05) is 16.8 Å². The highest BCUT2D eigenvalue weighted by Gasteiger charge is 2.22. The van der Waals surface area contributed by atoms with Crippen molar-refractivity contribution in [3.63, 3.8) is 0 Å². The number of methoxy groups -OCH3 is 1. The highest BCUT2D eigenvalue weighted by molar-refractivity contribution is 6.18. The van der Waals surface area contributed by atoms with Gasteiger partial charge in [0.1, 0.15) is 11.5 Å². The molecule has 0 aromatic heterocycles. The second kappa shape index (κ2) is 4.24. The lowest BCUT2D eigenvalue weighted by molar-refractivity contribution is 0.387. The van der Waals surface area contributed by atoms with Gasteiger partial charge in [0.15, 0.2) is 23.0 Å². The predicted octanol–water partition coefficient (Wildman–Crippen LogP) is 2.53. The van der Waals surface area contributed by atoms with E-state index in [2.05, 4.69) is 0 Å². The minimum absolute atomic E-state index is 0.0847. The third-order valence-electron chi connectivity index (χ3n) is 3.45. The van der Waals surface area contributed by atoms with Crippen LogP contribution in [0.3, 0.4) is 0 Å². The van der Waals surface area contributed by atoms with Gasteiger partial charge in [-0.1, -0.05) is 0 Å². The first kappa shape index (κ1) is 13.0. The zero-order valence-corrected chi connectivity index (χ0v) is 11.0. The molecule has 0 aliphatic carbocycles. The van der Waals surface area contributed by atoms with Gasteiger partial charge in [-0.05, 0) is 23.6 Å². The second-order valence-corrected chi connectivity index (χ2v) is 4.62. The van der Waals surface area contributed by atoms with Crippen molar-refractivity contribution in [3.8, 4) is 34.5 Å². The Kier molecular flexibility index (Phi) is 2.62. The van der Waals surface area contributed by atoms with E-state index in [-0.39, 0.29) is 22.3 Å². The number of phenolic OH excluding ortho intramolecular Hbond substituents is 5. The summed E-state index contributed by atoms with van der Waals surface area (Å²) >= 11 is 0. The van der Waals surface area contributed by atoms with Crippen LogP contribution in [0.1, 0.15) is 0 Å². The fourth-order valence-electron chi connectivity index (χ4n) is 2.49. The maximum absolute atomic E-state index is 10.1. The summed E-state index contributed by atoms with van der Waals surface area (Å²) < 4.78 is 5.17. The quantitative estimate of drug-likeness (QED) is 0.347. The normalized spacial score (nSPS) is 11.1. The van der Waals surface area contributed by atoms with Crippen molar-refractivity contribution < 1.29 is 30.3 Å². The van der Waals surface area contributed by atoms with Crippen LogP contribution < -0.4 is 4.74 Å². The minimum atomic E-state index is -0.602. The van der Waals surface area contributed by atoms with Crippen molar-refractivity contribution in [1.82, 2.24) is 0 Å². The first-order valence-electron chi connectivity index (χ1n) is 6.05. The summed E-state index contributed by atoms with van der Waals surface area (Å²) in [6.45, 7) is 0. The summed E-state index contributed by atoms with van der Waals surface area (Å²) in [5.74, 6) is -2.02. The molecule has 0 aliphatic heterocycles. The van der Waals surface area contributed by atoms with Crippen molar-refractivity contribution in [2.75, 3.05) is 7.11 Å². The fraction of sp³-hybridized carbons (Fsp3) is 0.0667. The third kappa shape index (κ3) is 1.66. The molecular formula is C15H12O6. The molecule has 5 N–H and O–H groups in total. The zero-order valence-electron chi connectivity index (χ0n) is 11.0. The smallest absolute Gasteiger partial charge is 0.170 e. The molecule has 0 unspecified atom stereocenters. The Morgan fingerprint density at radius 3 is 2.14 bits per heavy atom. The van der Waals surface area contributed by atoms with Gasteiger partial charge >= 0.3 is 0 Å². The molecule has 0 bridgehead atoms. The molecule has 0 heterocycles. The molecule has 0 saturated heterocycles. The molecule has 0 amide bonds. The van der Waals surface area contributed by atoms with E-state index in [1.54, 1.807) is 0 Å². The Bertz CT molecular complexity index is 885. The van der Waals surface area contributed by atoms with Crippen molar-refractivity contribution in [1.29, 1.82) is 0 Å². The van der Waals surface area contributed by atoms with Crippen molar-refractivity contribution in [2.24, 2.45) is 0 Å². The number of hydrogen-bond donors (Lipinski definition) is 5. The number of rotatable bonds is 1. The minimum Gasteiger partial charge on any atom is -0.508 e. The van der Waals surface area contributed by atoms with E-state index in [1.807, 2.05) is 0 Å². The molecule has 21 heavy (non-hydrogen) atoms. The van der Waals surface area contributed by atoms with Crippen LogP contribution >= 0.6 is 0 Å². The fourth-order valence-corrected chi connectivity index (χ4v) is 2.49. The molecule has 6 nitrogen and oxygen atoms in total. The summed E-state index contributed by atoms with van der Waals surface area (Å²) in [4.78, 5) is 0. The van der Waals surface area contributed by atoms with Crippen LogP contribution in [0.15, 0.2) is 24.3 Å². The molecule has 0 saturated carbocycles. The maximum Gasteiger partial charge on any atom is 0.170 e.